The van der Waals surface area contributed by atoms with E-state index < -0.39 is 0 Å². The van der Waals surface area contributed by atoms with Crippen LogP contribution in [-0.4, -0.2) is 31.6 Å². The SMILES string of the molecule is CN[C@@H](CN)C1CC1.NC(=O)[C@H](N)C1CC1. The molecule has 2 aliphatic carbocycles. The molecule has 0 unspecified atom stereocenters. The van der Waals surface area contributed by atoms with Gasteiger partial charge in [-0.1, -0.05) is 0 Å². The van der Waals surface area contributed by atoms with Crippen LogP contribution in [0.25, 0.3) is 0 Å². The molecule has 0 aromatic carbocycles. The Balaban J connectivity index is 0.000000160. The number of rotatable bonds is 5. The molecule has 5 heteroatoms. The third-order valence-electron chi connectivity index (χ3n) is 3.27. The molecule has 16 heavy (non-hydrogen) atoms. The second kappa shape index (κ2) is 6.18. The van der Waals surface area contributed by atoms with E-state index in [1.807, 2.05) is 7.05 Å². The van der Waals surface area contributed by atoms with Gasteiger partial charge in [0, 0.05) is 12.6 Å². The third-order valence-corrected chi connectivity index (χ3v) is 3.27. The highest BCUT2D eigenvalue weighted by atomic mass is 16.1. The predicted octanol–water partition coefficient (Wildman–Crippen LogP) is -0.848. The Bertz CT molecular complexity index is 222. The summed E-state index contributed by atoms with van der Waals surface area (Å²) >= 11 is 0. The Morgan fingerprint density at radius 1 is 1.31 bits per heavy atom. The maximum Gasteiger partial charge on any atom is 0.234 e. The van der Waals surface area contributed by atoms with Crippen molar-refractivity contribution in [3.05, 3.63) is 0 Å². The van der Waals surface area contributed by atoms with Crippen LogP contribution >= 0.6 is 0 Å². The van der Waals surface area contributed by atoms with E-state index >= 15 is 0 Å². The van der Waals surface area contributed by atoms with Crippen LogP contribution in [0, 0.1) is 11.8 Å². The summed E-state index contributed by atoms with van der Waals surface area (Å²) in [4.78, 5) is 10.3. The lowest BCUT2D eigenvalue weighted by Crippen LogP contribution is -2.37. The lowest BCUT2D eigenvalue weighted by Gasteiger charge is -2.10. The maximum absolute atomic E-state index is 10.3. The number of carbonyl (C=O) groups is 1. The van der Waals surface area contributed by atoms with Crippen molar-refractivity contribution in [3.8, 4) is 0 Å². The van der Waals surface area contributed by atoms with Crippen molar-refractivity contribution in [2.45, 2.75) is 37.8 Å². The monoisotopic (exact) mass is 228 g/mol. The lowest BCUT2D eigenvalue weighted by atomic mass is 10.2. The molecule has 0 radical (unpaired) electrons. The number of primary amides is 1. The molecule has 0 aromatic heterocycles. The summed E-state index contributed by atoms with van der Waals surface area (Å²) in [6.07, 6.45) is 4.90. The molecule has 2 atom stereocenters. The molecule has 2 fully saturated rings. The minimum atomic E-state index is -0.380. The first-order valence-electron chi connectivity index (χ1n) is 6.02. The summed E-state index contributed by atoms with van der Waals surface area (Å²) in [5.74, 6) is 0.921. The minimum absolute atomic E-state index is 0.368. The van der Waals surface area contributed by atoms with E-state index in [1.165, 1.54) is 12.8 Å². The van der Waals surface area contributed by atoms with Gasteiger partial charge in [0.25, 0.3) is 0 Å². The van der Waals surface area contributed by atoms with E-state index in [1.54, 1.807) is 0 Å². The highest BCUT2D eigenvalue weighted by Crippen LogP contribution is 2.32. The van der Waals surface area contributed by atoms with Crippen LogP contribution < -0.4 is 22.5 Å². The molecule has 0 saturated heterocycles. The van der Waals surface area contributed by atoms with Gasteiger partial charge in [-0.25, -0.2) is 0 Å². The topological polar surface area (TPSA) is 107 Å². The molecule has 5 nitrogen and oxygen atoms in total. The Kier molecular flexibility index (Phi) is 5.18. The second-order valence-corrected chi connectivity index (χ2v) is 4.73. The van der Waals surface area contributed by atoms with Crippen LogP contribution in [0.2, 0.25) is 0 Å². The van der Waals surface area contributed by atoms with Crippen molar-refractivity contribution in [2.75, 3.05) is 13.6 Å². The van der Waals surface area contributed by atoms with Gasteiger partial charge in [0.2, 0.25) is 5.91 Å². The van der Waals surface area contributed by atoms with Gasteiger partial charge in [-0.15, -0.1) is 0 Å². The molecule has 2 rings (SSSR count). The van der Waals surface area contributed by atoms with E-state index in [-0.39, 0.29) is 11.9 Å². The van der Waals surface area contributed by atoms with E-state index in [2.05, 4.69) is 5.32 Å². The number of amides is 1. The van der Waals surface area contributed by atoms with Crippen molar-refractivity contribution >= 4 is 5.91 Å². The Morgan fingerprint density at radius 3 is 1.94 bits per heavy atom. The van der Waals surface area contributed by atoms with Crippen molar-refractivity contribution in [1.29, 1.82) is 0 Å². The smallest absolute Gasteiger partial charge is 0.234 e. The van der Waals surface area contributed by atoms with Crippen LogP contribution in [0.1, 0.15) is 25.7 Å². The van der Waals surface area contributed by atoms with Crippen LogP contribution in [0.4, 0.5) is 0 Å². The molecule has 94 valence electrons. The van der Waals surface area contributed by atoms with Crippen molar-refractivity contribution < 1.29 is 4.79 Å². The highest BCUT2D eigenvalue weighted by Gasteiger charge is 2.31. The predicted molar refractivity (Wildman–Crippen MR) is 64.5 cm³/mol. The molecule has 1 amide bonds. The van der Waals surface area contributed by atoms with Gasteiger partial charge < -0.3 is 22.5 Å². The van der Waals surface area contributed by atoms with Crippen LogP contribution in [-0.2, 0) is 4.79 Å². The van der Waals surface area contributed by atoms with Crippen molar-refractivity contribution in [2.24, 2.45) is 29.0 Å². The van der Waals surface area contributed by atoms with Crippen molar-refractivity contribution in [1.82, 2.24) is 5.32 Å². The summed E-state index contributed by atoms with van der Waals surface area (Å²) in [7, 11) is 1.98. The van der Waals surface area contributed by atoms with Crippen LogP contribution in [0.5, 0.6) is 0 Å². The van der Waals surface area contributed by atoms with E-state index in [4.69, 9.17) is 17.2 Å². The number of nitrogens with one attached hydrogen (secondary N) is 1. The first-order chi connectivity index (χ1) is 7.60. The van der Waals surface area contributed by atoms with Crippen molar-refractivity contribution in [3.63, 3.8) is 0 Å². The van der Waals surface area contributed by atoms with Gasteiger partial charge in [-0.3, -0.25) is 4.79 Å². The van der Waals surface area contributed by atoms with Gasteiger partial charge in [0.1, 0.15) is 0 Å². The summed E-state index contributed by atoms with van der Waals surface area (Å²) < 4.78 is 0. The zero-order valence-electron chi connectivity index (χ0n) is 9.99. The molecule has 2 aliphatic rings. The number of carbonyl (C=O) groups excluding carboxylic acids is 1. The number of hydrogen-bond acceptors (Lipinski definition) is 4. The molecule has 0 bridgehead atoms. The lowest BCUT2D eigenvalue weighted by molar-refractivity contribution is -0.119. The third kappa shape index (κ3) is 4.47. The zero-order chi connectivity index (χ0) is 12.1. The molecular formula is C11H24N4O. The molecule has 7 N–H and O–H groups in total. The Labute approximate surface area is 97.1 Å². The fourth-order valence-electron chi connectivity index (χ4n) is 1.73. The van der Waals surface area contributed by atoms with Crippen LogP contribution in [0.15, 0.2) is 0 Å². The number of nitrogens with two attached hydrogens (primary N) is 3. The fourth-order valence-corrected chi connectivity index (χ4v) is 1.73. The highest BCUT2D eigenvalue weighted by molar-refractivity contribution is 5.80. The summed E-state index contributed by atoms with van der Waals surface area (Å²) in [5, 5.41) is 3.19. The maximum atomic E-state index is 10.3. The molecule has 2 saturated carbocycles. The molecular weight excluding hydrogens is 204 g/mol. The van der Waals surface area contributed by atoms with Gasteiger partial charge in [0.05, 0.1) is 6.04 Å². The molecule has 0 heterocycles. The zero-order valence-corrected chi connectivity index (χ0v) is 9.99. The van der Waals surface area contributed by atoms with Gasteiger partial charge in [-0.05, 0) is 44.6 Å². The summed E-state index contributed by atoms with van der Waals surface area (Å²) in [6.45, 7) is 0.793. The van der Waals surface area contributed by atoms with Gasteiger partial charge >= 0.3 is 0 Å². The van der Waals surface area contributed by atoms with Gasteiger partial charge in [-0.2, -0.15) is 0 Å². The largest absolute Gasteiger partial charge is 0.368 e. The fraction of sp³-hybridized carbons (Fsp3) is 0.909. The standard InChI is InChI=1S/C6H14N2.C5H10N2O/c1-8-6(4-7)5-2-3-5;6-4(5(7)8)3-1-2-3/h5-6,8H,2-4,7H2,1H3;3-4H,1-2,6H2,(H2,7,8)/t6-;4-/m01/s1. The minimum Gasteiger partial charge on any atom is -0.368 e. The Morgan fingerprint density at radius 2 is 1.81 bits per heavy atom. The molecule has 0 spiro atoms. The Hall–Kier alpha value is -0.650. The number of hydrogen-bond donors (Lipinski definition) is 4. The second-order valence-electron chi connectivity index (χ2n) is 4.73. The van der Waals surface area contributed by atoms with E-state index in [9.17, 15) is 4.79 Å². The normalized spacial score (nSPS) is 22.9. The first kappa shape index (κ1) is 13.4. The van der Waals surface area contributed by atoms with Crippen LogP contribution in [0.3, 0.4) is 0 Å². The first-order valence-corrected chi connectivity index (χ1v) is 6.02. The quantitative estimate of drug-likeness (QED) is 0.491. The molecule has 0 aliphatic heterocycles. The average Bonchev–Trinajstić information content (AvgIpc) is 3.12. The van der Waals surface area contributed by atoms with E-state index in [0.29, 0.717) is 12.0 Å². The average molecular weight is 228 g/mol. The van der Waals surface area contributed by atoms with Gasteiger partial charge in [0.15, 0.2) is 0 Å². The summed E-state index contributed by atoms with van der Waals surface area (Å²) in [6, 6.07) is 0.213. The molecule has 0 aromatic rings. The number of likely N-dealkylation sites (N-methyl/N-ethyl adjacent to an activating group) is 1. The summed E-state index contributed by atoms with van der Waals surface area (Å²) in [5.41, 5.74) is 15.7. The van der Waals surface area contributed by atoms with E-state index in [0.717, 1.165) is 25.3 Å².